The molecular formula is C12H22N2. The lowest BCUT2D eigenvalue weighted by Gasteiger charge is -2.24. The third-order valence-corrected chi connectivity index (χ3v) is 3.53. The van der Waals surface area contributed by atoms with Gasteiger partial charge >= 0.3 is 0 Å². The van der Waals surface area contributed by atoms with Gasteiger partial charge in [0.15, 0.2) is 0 Å². The van der Waals surface area contributed by atoms with Crippen LogP contribution in [0, 0.1) is 5.92 Å². The van der Waals surface area contributed by atoms with Gasteiger partial charge in [-0.1, -0.05) is 5.57 Å². The van der Waals surface area contributed by atoms with Gasteiger partial charge in [-0.3, -0.25) is 0 Å². The summed E-state index contributed by atoms with van der Waals surface area (Å²) in [6.07, 6.45) is 3.97. The first-order valence-corrected chi connectivity index (χ1v) is 5.86. The zero-order valence-electron chi connectivity index (χ0n) is 9.26. The van der Waals surface area contributed by atoms with Gasteiger partial charge in [-0.2, -0.15) is 0 Å². The second-order valence-electron chi connectivity index (χ2n) is 4.93. The maximum atomic E-state index is 3.96. The number of rotatable bonds is 3. The quantitative estimate of drug-likeness (QED) is 0.687. The highest BCUT2D eigenvalue weighted by Gasteiger charge is 2.33. The molecule has 1 N–H and O–H groups in total. The van der Waals surface area contributed by atoms with Crippen LogP contribution in [0.2, 0.25) is 0 Å². The van der Waals surface area contributed by atoms with Gasteiger partial charge in [0.2, 0.25) is 0 Å². The summed E-state index contributed by atoms with van der Waals surface area (Å²) in [5, 5.41) is 3.63. The van der Waals surface area contributed by atoms with E-state index < -0.39 is 0 Å². The van der Waals surface area contributed by atoms with Crippen LogP contribution in [0.5, 0.6) is 0 Å². The molecule has 0 aromatic carbocycles. The Morgan fingerprint density at radius 2 is 2.36 bits per heavy atom. The number of likely N-dealkylation sites (tertiary alicyclic amines) is 1. The third-order valence-electron chi connectivity index (χ3n) is 3.53. The fraction of sp³-hybridized carbons (Fsp3) is 0.833. The topological polar surface area (TPSA) is 15.3 Å². The predicted octanol–water partition coefficient (Wildman–Crippen LogP) is 1.64. The molecule has 0 aromatic heterocycles. The molecule has 0 saturated carbocycles. The van der Waals surface area contributed by atoms with E-state index in [2.05, 4.69) is 23.7 Å². The van der Waals surface area contributed by atoms with Crippen molar-refractivity contribution in [2.75, 3.05) is 26.2 Å². The Balaban J connectivity index is 1.78. The van der Waals surface area contributed by atoms with Crippen molar-refractivity contribution in [3.63, 3.8) is 0 Å². The summed E-state index contributed by atoms with van der Waals surface area (Å²) in [5.74, 6) is 0.925. The van der Waals surface area contributed by atoms with Crippen LogP contribution in [0.4, 0.5) is 0 Å². The lowest BCUT2D eigenvalue weighted by atomic mass is 9.94. The molecule has 2 saturated heterocycles. The predicted molar refractivity (Wildman–Crippen MR) is 60.4 cm³/mol. The van der Waals surface area contributed by atoms with Gasteiger partial charge in [-0.25, -0.2) is 0 Å². The van der Waals surface area contributed by atoms with Gasteiger partial charge in [0.1, 0.15) is 0 Å². The molecule has 80 valence electrons. The van der Waals surface area contributed by atoms with E-state index in [4.69, 9.17) is 0 Å². The minimum absolute atomic E-state index is 0.786. The second kappa shape index (κ2) is 4.45. The van der Waals surface area contributed by atoms with E-state index in [1.54, 1.807) is 0 Å². The molecule has 2 fully saturated rings. The third kappa shape index (κ3) is 2.37. The Morgan fingerprint density at radius 3 is 3.07 bits per heavy atom. The summed E-state index contributed by atoms with van der Waals surface area (Å²) in [6.45, 7) is 11.1. The molecule has 14 heavy (non-hydrogen) atoms. The van der Waals surface area contributed by atoms with E-state index >= 15 is 0 Å². The number of hydrogen-bond acceptors (Lipinski definition) is 2. The van der Waals surface area contributed by atoms with Crippen molar-refractivity contribution in [3.8, 4) is 0 Å². The van der Waals surface area contributed by atoms with Crippen LogP contribution >= 0.6 is 0 Å². The highest BCUT2D eigenvalue weighted by molar-refractivity contribution is 4.94. The van der Waals surface area contributed by atoms with Crippen LogP contribution in [0.3, 0.4) is 0 Å². The smallest absolute Gasteiger partial charge is 0.0235 e. The van der Waals surface area contributed by atoms with Crippen molar-refractivity contribution < 1.29 is 0 Å². The van der Waals surface area contributed by atoms with Crippen molar-refractivity contribution in [1.29, 1.82) is 0 Å². The molecule has 2 aliphatic heterocycles. The molecule has 2 heteroatoms. The van der Waals surface area contributed by atoms with Gasteiger partial charge in [-0.15, -0.1) is 6.58 Å². The summed E-state index contributed by atoms with van der Waals surface area (Å²) >= 11 is 0. The minimum atomic E-state index is 0.786. The number of hydrogen-bond donors (Lipinski definition) is 1. The summed E-state index contributed by atoms with van der Waals surface area (Å²) in [4.78, 5) is 2.60. The van der Waals surface area contributed by atoms with E-state index in [9.17, 15) is 0 Å². The van der Waals surface area contributed by atoms with Gasteiger partial charge in [0, 0.05) is 25.7 Å². The van der Waals surface area contributed by atoms with Gasteiger partial charge in [0.05, 0.1) is 0 Å². The van der Waals surface area contributed by atoms with Crippen LogP contribution in [-0.2, 0) is 0 Å². The van der Waals surface area contributed by atoms with Gasteiger partial charge < -0.3 is 10.2 Å². The molecule has 2 heterocycles. The van der Waals surface area contributed by atoms with E-state index in [-0.39, 0.29) is 0 Å². The molecule has 0 aromatic rings. The molecule has 0 aliphatic carbocycles. The van der Waals surface area contributed by atoms with Crippen LogP contribution in [-0.4, -0.2) is 37.1 Å². The second-order valence-corrected chi connectivity index (χ2v) is 4.93. The van der Waals surface area contributed by atoms with Crippen molar-refractivity contribution >= 4 is 0 Å². The Labute approximate surface area is 87.4 Å². The molecule has 2 aliphatic rings. The first kappa shape index (κ1) is 10.2. The fourth-order valence-electron chi connectivity index (χ4n) is 2.67. The fourth-order valence-corrected chi connectivity index (χ4v) is 2.67. The largest absolute Gasteiger partial charge is 0.312 e. The van der Waals surface area contributed by atoms with Crippen LogP contribution in [0.15, 0.2) is 12.2 Å². The SMILES string of the molecule is C=C(C)CCN1CC2CCCNC2C1. The standard InChI is InChI=1S/C12H22N2/c1-10(2)5-7-14-8-11-4-3-6-13-12(11)9-14/h11-13H,1,3-9H2,2H3. The van der Waals surface area contributed by atoms with Gasteiger partial charge in [-0.05, 0) is 38.6 Å². The molecule has 0 spiro atoms. The lowest BCUT2D eigenvalue weighted by molar-refractivity contribution is 0.322. The zero-order valence-corrected chi connectivity index (χ0v) is 9.26. The van der Waals surface area contributed by atoms with Crippen molar-refractivity contribution in [2.45, 2.75) is 32.2 Å². The van der Waals surface area contributed by atoms with E-state index in [1.807, 2.05) is 0 Å². The molecule has 0 amide bonds. The van der Waals surface area contributed by atoms with Crippen LogP contribution in [0.25, 0.3) is 0 Å². The number of fused-ring (bicyclic) bond motifs is 1. The van der Waals surface area contributed by atoms with Crippen molar-refractivity contribution in [3.05, 3.63) is 12.2 Å². The number of nitrogens with one attached hydrogen (secondary N) is 1. The van der Waals surface area contributed by atoms with E-state index in [0.29, 0.717) is 0 Å². The Kier molecular flexibility index (Phi) is 3.24. The number of piperidine rings is 1. The lowest BCUT2D eigenvalue weighted by Crippen LogP contribution is -2.40. The highest BCUT2D eigenvalue weighted by Crippen LogP contribution is 2.24. The summed E-state index contributed by atoms with van der Waals surface area (Å²) < 4.78 is 0. The Hall–Kier alpha value is -0.340. The Bertz CT molecular complexity index is 198. The highest BCUT2D eigenvalue weighted by atomic mass is 15.2. The van der Waals surface area contributed by atoms with Crippen LogP contribution < -0.4 is 5.32 Å². The number of nitrogens with zero attached hydrogens (tertiary/aromatic N) is 1. The summed E-state index contributed by atoms with van der Waals surface area (Å²) in [6, 6.07) is 0.786. The van der Waals surface area contributed by atoms with Crippen molar-refractivity contribution in [1.82, 2.24) is 10.2 Å². The average Bonchev–Trinajstić information content (AvgIpc) is 2.57. The first-order valence-electron chi connectivity index (χ1n) is 5.86. The molecule has 0 radical (unpaired) electrons. The minimum Gasteiger partial charge on any atom is -0.312 e. The summed E-state index contributed by atoms with van der Waals surface area (Å²) in [5.41, 5.74) is 1.31. The molecule has 2 nitrogen and oxygen atoms in total. The molecule has 2 atom stereocenters. The van der Waals surface area contributed by atoms with E-state index in [1.165, 1.54) is 51.0 Å². The van der Waals surface area contributed by atoms with Gasteiger partial charge in [0.25, 0.3) is 0 Å². The Morgan fingerprint density at radius 1 is 1.50 bits per heavy atom. The monoisotopic (exact) mass is 194 g/mol. The maximum Gasteiger partial charge on any atom is 0.0235 e. The van der Waals surface area contributed by atoms with Crippen LogP contribution in [0.1, 0.15) is 26.2 Å². The molecular weight excluding hydrogens is 172 g/mol. The normalized spacial score (nSPS) is 32.9. The summed E-state index contributed by atoms with van der Waals surface area (Å²) in [7, 11) is 0. The van der Waals surface area contributed by atoms with E-state index in [0.717, 1.165) is 12.0 Å². The maximum absolute atomic E-state index is 3.96. The average molecular weight is 194 g/mol. The molecule has 2 unspecified atom stereocenters. The molecule has 2 rings (SSSR count). The first-order chi connectivity index (χ1) is 6.75. The molecule has 0 bridgehead atoms. The zero-order chi connectivity index (χ0) is 9.97. The van der Waals surface area contributed by atoms with Crippen molar-refractivity contribution in [2.24, 2.45) is 5.92 Å².